The molecule has 0 radical (unpaired) electrons. The first-order valence-electron chi connectivity index (χ1n) is 8.76. The van der Waals surface area contributed by atoms with E-state index in [2.05, 4.69) is 4.98 Å². The molecule has 4 heteroatoms. The van der Waals surface area contributed by atoms with Crippen molar-refractivity contribution in [2.24, 2.45) is 0 Å². The first kappa shape index (κ1) is 20.9. The summed E-state index contributed by atoms with van der Waals surface area (Å²) in [6.07, 6.45) is 3.70. The van der Waals surface area contributed by atoms with Crippen LogP contribution >= 0.6 is 0 Å². The number of hydrogen-bond acceptors (Lipinski definition) is 4. The van der Waals surface area contributed by atoms with Gasteiger partial charge in [-0.15, -0.1) is 0 Å². The summed E-state index contributed by atoms with van der Waals surface area (Å²) < 4.78 is 11.4. The maximum atomic E-state index is 11.4. The van der Waals surface area contributed by atoms with Crippen molar-refractivity contribution in [1.82, 2.24) is 4.98 Å². The van der Waals surface area contributed by atoms with E-state index in [0.29, 0.717) is 34.8 Å². The predicted molar refractivity (Wildman–Crippen MR) is 105 cm³/mol. The van der Waals surface area contributed by atoms with E-state index >= 15 is 0 Å². The molecule has 136 valence electrons. The lowest BCUT2D eigenvalue weighted by Crippen LogP contribution is -1.96. The van der Waals surface area contributed by atoms with Gasteiger partial charge in [0.25, 0.3) is 0 Å². The molecule has 3 rings (SSSR count). The first-order chi connectivity index (χ1) is 12.9. The molecule has 0 amide bonds. The molecule has 0 bridgehead atoms. The Balaban J connectivity index is 0.000000791. The number of benzene rings is 2. The summed E-state index contributed by atoms with van der Waals surface area (Å²) in [4.78, 5) is 15.5. The summed E-state index contributed by atoms with van der Waals surface area (Å²) in [5.41, 5.74) is 0.322. The molecule has 0 aliphatic carbocycles. The van der Waals surface area contributed by atoms with Gasteiger partial charge in [0, 0.05) is 0 Å². The zero-order chi connectivity index (χ0) is 19.2. The third-order valence-corrected chi connectivity index (χ3v) is 2.97. The Kier molecular flexibility index (Phi) is 9.85. The van der Waals surface area contributed by atoms with Gasteiger partial charge in [-0.25, -0.2) is 0 Å². The SMILES string of the molecule is CC.CC.O=Cc1c(Oc2ccccc2)cncc1Oc1ccccc1. The summed E-state index contributed by atoms with van der Waals surface area (Å²) in [5.74, 6) is 1.97. The van der Waals surface area contributed by atoms with Crippen LogP contribution in [0.25, 0.3) is 0 Å². The second-order valence-electron chi connectivity index (χ2n) is 4.50. The smallest absolute Gasteiger partial charge is 0.159 e. The Morgan fingerprint density at radius 2 is 1.08 bits per heavy atom. The number of hydrogen-bond donors (Lipinski definition) is 0. The van der Waals surface area contributed by atoms with Gasteiger partial charge >= 0.3 is 0 Å². The normalized spacial score (nSPS) is 8.92. The summed E-state index contributed by atoms with van der Waals surface area (Å²) in [6, 6.07) is 18.4. The summed E-state index contributed by atoms with van der Waals surface area (Å²) in [7, 11) is 0. The van der Waals surface area contributed by atoms with E-state index in [1.165, 1.54) is 12.4 Å². The molecule has 0 aliphatic rings. The van der Waals surface area contributed by atoms with E-state index in [1.807, 2.05) is 64.1 Å². The fourth-order valence-corrected chi connectivity index (χ4v) is 1.94. The largest absolute Gasteiger partial charge is 0.455 e. The van der Waals surface area contributed by atoms with Crippen LogP contribution in [0.3, 0.4) is 0 Å². The van der Waals surface area contributed by atoms with Gasteiger partial charge in [-0.3, -0.25) is 9.78 Å². The van der Waals surface area contributed by atoms with Crippen molar-refractivity contribution in [2.75, 3.05) is 0 Å². The molecule has 3 aromatic rings. The van der Waals surface area contributed by atoms with Gasteiger partial charge in [0.2, 0.25) is 0 Å². The Morgan fingerprint density at radius 1 is 0.692 bits per heavy atom. The van der Waals surface area contributed by atoms with Crippen molar-refractivity contribution in [1.29, 1.82) is 0 Å². The number of carbonyl (C=O) groups is 1. The molecule has 4 nitrogen and oxygen atoms in total. The van der Waals surface area contributed by atoms with Gasteiger partial charge < -0.3 is 9.47 Å². The lowest BCUT2D eigenvalue weighted by molar-refractivity contribution is 0.111. The van der Waals surface area contributed by atoms with Gasteiger partial charge in [-0.2, -0.15) is 0 Å². The van der Waals surface area contributed by atoms with Crippen molar-refractivity contribution in [3.8, 4) is 23.0 Å². The zero-order valence-corrected chi connectivity index (χ0v) is 15.7. The van der Waals surface area contributed by atoms with Gasteiger partial charge in [0.15, 0.2) is 17.8 Å². The Hall–Kier alpha value is -3.14. The molecule has 1 aromatic heterocycles. The van der Waals surface area contributed by atoms with Crippen LogP contribution < -0.4 is 9.47 Å². The maximum absolute atomic E-state index is 11.4. The Morgan fingerprint density at radius 3 is 1.42 bits per heavy atom. The van der Waals surface area contributed by atoms with E-state index in [4.69, 9.17) is 9.47 Å². The number of carbonyl (C=O) groups excluding carboxylic acids is 1. The molecule has 0 spiro atoms. The average molecular weight is 351 g/mol. The van der Waals surface area contributed by atoms with Gasteiger partial charge in [-0.1, -0.05) is 64.1 Å². The monoisotopic (exact) mass is 351 g/mol. The third kappa shape index (κ3) is 6.06. The molecule has 0 atom stereocenters. The standard InChI is InChI=1S/C18H13NO3.2C2H6/c20-13-16-17(21-14-7-3-1-4-8-14)11-19-12-18(16)22-15-9-5-2-6-10-15;2*1-2/h1-13H;2*1-2H3. The van der Waals surface area contributed by atoms with Crippen LogP contribution in [0.1, 0.15) is 38.1 Å². The van der Waals surface area contributed by atoms with E-state index < -0.39 is 0 Å². The van der Waals surface area contributed by atoms with Crippen LogP contribution in [0.5, 0.6) is 23.0 Å². The van der Waals surface area contributed by atoms with Gasteiger partial charge in [-0.05, 0) is 24.3 Å². The molecular weight excluding hydrogens is 326 g/mol. The van der Waals surface area contributed by atoms with Gasteiger partial charge in [0.1, 0.15) is 17.1 Å². The van der Waals surface area contributed by atoms with Crippen molar-refractivity contribution < 1.29 is 14.3 Å². The third-order valence-electron chi connectivity index (χ3n) is 2.97. The number of aldehydes is 1. The zero-order valence-electron chi connectivity index (χ0n) is 15.7. The van der Waals surface area contributed by atoms with E-state index in [9.17, 15) is 4.79 Å². The fraction of sp³-hybridized carbons (Fsp3) is 0.182. The number of rotatable bonds is 5. The van der Waals surface area contributed by atoms with E-state index in [-0.39, 0.29) is 0 Å². The van der Waals surface area contributed by atoms with E-state index in [1.54, 1.807) is 24.3 Å². The molecule has 0 unspecified atom stereocenters. The number of para-hydroxylation sites is 2. The molecule has 2 aromatic carbocycles. The van der Waals surface area contributed by atoms with Crippen LogP contribution in [0.4, 0.5) is 0 Å². The highest BCUT2D eigenvalue weighted by atomic mass is 16.5. The lowest BCUT2D eigenvalue weighted by Gasteiger charge is -2.11. The summed E-state index contributed by atoms with van der Waals surface area (Å²) >= 11 is 0. The summed E-state index contributed by atoms with van der Waals surface area (Å²) in [5, 5.41) is 0. The summed E-state index contributed by atoms with van der Waals surface area (Å²) in [6.45, 7) is 8.00. The van der Waals surface area contributed by atoms with Crippen LogP contribution in [0, 0.1) is 0 Å². The number of ether oxygens (including phenoxy) is 2. The van der Waals surface area contributed by atoms with Crippen molar-refractivity contribution in [2.45, 2.75) is 27.7 Å². The molecular formula is C22H25NO3. The molecule has 0 saturated carbocycles. The Bertz CT molecular complexity index is 699. The fourth-order valence-electron chi connectivity index (χ4n) is 1.94. The van der Waals surface area contributed by atoms with Crippen LogP contribution in [0.15, 0.2) is 73.1 Å². The predicted octanol–water partition coefficient (Wildman–Crippen LogP) is 6.53. The van der Waals surface area contributed by atoms with E-state index in [0.717, 1.165) is 0 Å². The van der Waals surface area contributed by atoms with Crippen molar-refractivity contribution in [3.05, 3.63) is 78.6 Å². The highest BCUT2D eigenvalue weighted by Crippen LogP contribution is 2.32. The lowest BCUT2D eigenvalue weighted by atomic mass is 10.2. The number of pyridine rings is 1. The van der Waals surface area contributed by atoms with Crippen molar-refractivity contribution in [3.63, 3.8) is 0 Å². The topological polar surface area (TPSA) is 48.4 Å². The minimum Gasteiger partial charge on any atom is -0.455 e. The average Bonchev–Trinajstić information content (AvgIpc) is 2.73. The highest BCUT2D eigenvalue weighted by molar-refractivity contribution is 5.83. The number of nitrogens with zero attached hydrogens (tertiary/aromatic N) is 1. The molecule has 26 heavy (non-hydrogen) atoms. The molecule has 0 saturated heterocycles. The second kappa shape index (κ2) is 12.3. The maximum Gasteiger partial charge on any atom is 0.159 e. The van der Waals surface area contributed by atoms with Crippen LogP contribution in [0.2, 0.25) is 0 Å². The van der Waals surface area contributed by atoms with Gasteiger partial charge in [0.05, 0.1) is 12.4 Å². The minimum absolute atomic E-state index is 0.322. The number of aromatic nitrogens is 1. The second-order valence-corrected chi connectivity index (χ2v) is 4.50. The molecule has 1 heterocycles. The molecule has 0 fully saturated rings. The van der Waals surface area contributed by atoms with Crippen molar-refractivity contribution >= 4 is 6.29 Å². The molecule has 0 N–H and O–H groups in total. The highest BCUT2D eigenvalue weighted by Gasteiger charge is 2.12. The van der Waals surface area contributed by atoms with Crippen LogP contribution in [-0.4, -0.2) is 11.3 Å². The van der Waals surface area contributed by atoms with Crippen LogP contribution in [-0.2, 0) is 0 Å². The minimum atomic E-state index is 0.322. The molecule has 0 aliphatic heterocycles. The quantitative estimate of drug-likeness (QED) is 0.490. The Labute approximate surface area is 155 Å². The first-order valence-corrected chi connectivity index (χ1v) is 8.76.